The van der Waals surface area contributed by atoms with Crippen molar-refractivity contribution in [2.24, 2.45) is 0 Å². The molecule has 1 aliphatic rings. The van der Waals surface area contributed by atoms with Crippen LogP contribution in [0, 0.1) is 5.82 Å². The first kappa shape index (κ1) is 12.9. The minimum atomic E-state index is -5.89. The maximum Gasteiger partial charge on any atom is 0.534 e. The lowest BCUT2D eigenvalue weighted by atomic mass is 10.1. The predicted molar refractivity (Wildman–Crippen MR) is 51.2 cm³/mol. The minimum Gasteiger partial charge on any atom is -0.493 e. The van der Waals surface area contributed by atoms with Gasteiger partial charge in [0.05, 0.1) is 6.61 Å². The van der Waals surface area contributed by atoms with Crippen LogP contribution < -0.4 is 8.92 Å². The number of fused-ring (bicyclic) bond motifs is 1. The molecular formula is C9H6F4O4S. The van der Waals surface area contributed by atoms with E-state index in [9.17, 15) is 26.0 Å². The second-order valence-electron chi connectivity index (χ2n) is 3.47. The van der Waals surface area contributed by atoms with Crippen molar-refractivity contribution in [3.05, 3.63) is 23.5 Å². The number of benzene rings is 1. The summed E-state index contributed by atoms with van der Waals surface area (Å²) in [5.41, 5.74) is -5.16. The van der Waals surface area contributed by atoms with Gasteiger partial charge in [0.1, 0.15) is 5.75 Å². The van der Waals surface area contributed by atoms with E-state index in [2.05, 4.69) is 4.18 Å². The molecule has 0 saturated carbocycles. The van der Waals surface area contributed by atoms with E-state index in [-0.39, 0.29) is 12.4 Å². The van der Waals surface area contributed by atoms with Crippen molar-refractivity contribution < 1.29 is 34.9 Å². The van der Waals surface area contributed by atoms with Crippen molar-refractivity contribution in [1.82, 2.24) is 0 Å². The summed E-state index contributed by atoms with van der Waals surface area (Å²) in [5.74, 6) is -2.11. The van der Waals surface area contributed by atoms with E-state index in [0.29, 0.717) is 12.0 Å². The fourth-order valence-electron chi connectivity index (χ4n) is 1.41. The summed E-state index contributed by atoms with van der Waals surface area (Å²) in [5, 5.41) is 0. The normalized spacial score (nSPS) is 15.1. The molecule has 1 aromatic carbocycles. The summed E-state index contributed by atoms with van der Waals surface area (Å²) < 4.78 is 79.6. The highest BCUT2D eigenvalue weighted by molar-refractivity contribution is 7.88. The summed E-state index contributed by atoms with van der Waals surface area (Å²) in [7, 11) is -5.89. The van der Waals surface area contributed by atoms with Crippen molar-refractivity contribution in [2.75, 3.05) is 6.61 Å². The molecule has 0 N–H and O–H groups in total. The second kappa shape index (κ2) is 4.01. The monoisotopic (exact) mass is 286 g/mol. The van der Waals surface area contributed by atoms with Crippen LogP contribution >= 0.6 is 0 Å². The molecule has 2 rings (SSSR count). The third-order valence-corrected chi connectivity index (χ3v) is 3.19. The van der Waals surface area contributed by atoms with Gasteiger partial charge in [-0.1, -0.05) is 0 Å². The molecule has 0 unspecified atom stereocenters. The average molecular weight is 286 g/mol. The van der Waals surface area contributed by atoms with Gasteiger partial charge in [-0.2, -0.15) is 21.6 Å². The van der Waals surface area contributed by atoms with Crippen molar-refractivity contribution in [1.29, 1.82) is 0 Å². The quantitative estimate of drug-likeness (QED) is 0.474. The smallest absolute Gasteiger partial charge is 0.493 e. The molecule has 0 saturated heterocycles. The highest BCUT2D eigenvalue weighted by atomic mass is 32.2. The summed E-state index contributed by atoms with van der Waals surface area (Å²) in [4.78, 5) is 0. The van der Waals surface area contributed by atoms with Gasteiger partial charge in [-0.15, -0.1) is 0 Å². The third-order valence-electron chi connectivity index (χ3n) is 2.23. The zero-order valence-corrected chi connectivity index (χ0v) is 9.44. The third kappa shape index (κ3) is 2.22. The molecule has 1 aromatic rings. The van der Waals surface area contributed by atoms with Crippen molar-refractivity contribution in [3.8, 4) is 11.5 Å². The van der Waals surface area contributed by atoms with Gasteiger partial charge in [-0.3, -0.25) is 0 Å². The van der Waals surface area contributed by atoms with Crippen LogP contribution in [0.2, 0.25) is 0 Å². The Bertz CT molecular complexity index is 579. The summed E-state index contributed by atoms with van der Waals surface area (Å²) in [6.45, 7) is 0.254. The molecule has 0 amide bonds. The molecule has 1 aliphatic heterocycles. The Hall–Kier alpha value is -1.51. The van der Waals surface area contributed by atoms with E-state index >= 15 is 0 Å². The molecule has 4 nitrogen and oxygen atoms in total. The topological polar surface area (TPSA) is 52.6 Å². The van der Waals surface area contributed by atoms with E-state index in [1.165, 1.54) is 0 Å². The van der Waals surface area contributed by atoms with Crippen LogP contribution in [0.15, 0.2) is 12.1 Å². The van der Waals surface area contributed by atoms with Crippen LogP contribution in [0.1, 0.15) is 5.56 Å². The Morgan fingerprint density at radius 1 is 1.28 bits per heavy atom. The van der Waals surface area contributed by atoms with Gasteiger partial charge in [-0.05, 0) is 6.07 Å². The molecule has 0 spiro atoms. The molecule has 1 heterocycles. The molecule has 0 bridgehead atoms. The SMILES string of the molecule is O=S(=O)(Oc1cc2c(cc1F)CCO2)C(F)(F)F. The number of alkyl halides is 3. The number of hydrogen-bond acceptors (Lipinski definition) is 4. The Labute approximate surface area is 99.2 Å². The number of halogens is 4. The standard InChI is InChI=1S/C9H6F4O4S/c10-6-3-5-1-2-16-7(5)4-8(6)17-18(14,15)9(11,12)13/h3-4H,1-2H2. The Morgan fingerprint density at radius 2 is 1.94 bits per heavy atom. The first-order valence-electron chi connectivity index (χ1n) is 4.67. The number of rotatable bonds is 2. The van der Waals surface area contributed by atoms with Crippen LogP contribution in [0.5, 0.6) is 11.5 Å². The lowest BCUT2D eigenvalue weighted by Crippen LogP contribution is -2.28. The zero-order valence-electron chi connectivity index (χ0n) is 8.62. The molecule has 100 valence electrons. The lowest BCUT2D eigenvalue weighted by molar-refractivity contribution is -0.0501. The Balaban J connectivity index is 2.37. The van der Waals surface area contributed by atoms with Crippen LogP contribution in [0.4, 0.5) is 17.6 Å². The van der Waals surface area contributed by atoms with E-state index in [4.69, 9.17) is 4.74 Å². The first-order chi connectivity index (χ1) is 8.21. The van der Waals surface area contributed by atoms with E-state index < -0.39 is 27.2 Å². The number of hydrogen-bond donors (Lipinski definition) is 0. The van der Waals surface area contributed by atoms with Crippen LogP contribution in [-0.2, 0) is 16.5 Å². The molecule has 0 aliphatic carbocycles. The van der Waals surface area contributed by atoms with Gasteiger partial charge in [0.15, 0.2) is 11.6 Å². The second-order valence-corrected chi connectivity index (χ2v) is 5.01. The Kier molecular flexibility index (Phi) is 2.88. The molecule has 18 heavy (non-hydrogen) atoms. The molecular weight excluding hydrogens is 280 g/mol. The van der Waals surface area contributed by atoms with E-state index in [0.717, 1.165) is 12.1 Å². The van der Waals surface area contributed by atoms with Crippen LogP contribution in [-0.4, -0.2) is 20.5 Å². The van der Waals surface area contributed by atoms with Gasteiger partial charge in [-0.25, -0.2) is 4.39 Å². The first-order valence-corrected chi connectivity index (χ1v) is 6.07. The van der Waals surface area contributed by atoms with Gasteiger partial charge in [0.2, 0.25) is 0 Å². The highest BCUT2D eigenvalue weighted by Gasteiger charge is 2.49. The summed E-state index contributed by atoms with van der Waals surface area (Å²) >= 11 is 0. The minimum absolute atomic E-state index is 0.115. The van der Waals surface area contributed by atoms with Crippen molar-refractivity contribution in [3.63, 3.8) is 0 Å². The molecule has 9 heteroatoms. The van der Waals surface area contributed by atoms with Gasteiger partial charge >= 0.3 is 15.6 Å². The van der Waals surface area contributed by atoms with E-state index in [1.807, 2.05) is 0 Å². The van der Waals surface area contributed by atoms with Crippen LogP contribution in [0.25, 0.3) is 0 Å². The predicted octanol–water partition coefficient (Wildman–Crippen LogP) is 1.99. The van der Waals surface area contributed by atoms with Gasteiger partial charge < -0.3 is 8.92 Å². The fourth-order valence-corrected chi connectivity index (χ4v) is 1.86. The average Bonchev–Trinajstić information content (AvgIpc) is 2.63. The Morgan fingerprint density at radius 3 is 2.56 bits per heavy atom. The summed E-state index contributed by atoms with van der Waals surface area (Å²) in [6.07, 6.45) is 0.401. The van der Waals surface area contributed by atoms with Crippen molar-refractivity contribution >= 4 is 10.1 Å². The highest BCUT2D eigenvalue weighted by Crippen LogP contribution is 2.34. The largest absolute Gasteiger partial charge is 0.534 e. The fraction of sp³-hybridized carbons (Fsp3) is 0.333. The van der Waals surface area contributed by atoms with Gasteiger partial charge in [0.25, 0.3) is 0 Å². The van der Waals surface area contributed by atoms with Crippen molar-refractivity contribution in [2.45, 2.75) is 11.9 Å². The molecule has 0 aromatic heterocycles. The number of ether oxygens (including phenoxy) is 1. The molecule has 0 radical (unpaired) electrons. The van der Waals surface area contributed by atoms with E-state index in [1.54, 1.807) is 0 Å². The zero-order chi connectivity index (χ0) is 13.6. The van der Waals surface area contributed by atoms with Gasteiger partial charge in [0, 0.05) is 18.1 Å². The molecule has 0 atom stereocenters. The summed E-state index contributed by atoms with van der Waals surface area (Å²) in [6, 6.07) is 1.69. The van der Waals surface area contributed by atoms with Crippen LogP contribution in [0.3, 0.4) is 0 Å². The lowest BCUT2D eigenvalue weighted by Gasteiger charge is -2.10. The molecule has 0 fully saturated rings. The maximum absolute atomic E-state index is 13.4. The maximum atomic E-state index is 13.4.